The molecule has 1 aromatic heterocycles. The predicted octanol–water partition coefficient (Wildman–Crippen LogP) is 2.56. The van der Waals surface area contributed by atoms with E-state index in [9.17, 15) is 4.39 Å². The Morgan fingerprint density at radius 1 is 1.44 bits per heavy atom. The zero-order valence-electron chi connectivity index (χ0n) is 10.2. The fourth-order valence-electron chi connectivity index (χ4n) is 1.44. The summed E-state index contributed by atoms with van der Waals surface area (Å²) in [5.74, 6) is -0.442. The van der Waals surface area contributed by atoms with E-state index in [2.05, 4.69) is 29.5 Å². The molecule has 0 unspecified atom stereocenters. The zero-order valence-corrected chi connectivity index (χ0v) is 10.9. The summed E-state index contributed by atoms with van der Waals surface area (Å²) < 4.78 is 14.6. The van der Waals surface area contributed by atoms with Crippen molar-refractivity contribution < 1.29 is 4.39 Å². The van der Waals surface area contributed by atoms with E-state index in [1.54, 1.807) is 16.9 Å². The number of benzene rings is 1. The number of halogens is 2. The lowest BCUT2D eigenvalue weighted by molar-refractivity contribution is 0.580. The highest BCUT2D eigenvalue weighted by Crippen LogP contribution is 2.18. The molecule has 2 rings (SSSR count). The standard InChI is InChI=1S/C12H14ClFN4/c1-8(2)15-6-9-7-18(17-16-9)10-3-4-12(14)11(13)5-10/h3-5,7-8,15H,6H2,1-2H3. The molecule has 0 aliphatic carbocycles. The van der Waals surface area contributed by atoms with Gasteiger partial charge in [-0.3, -0.25) is 0 Å². The topological polar surface area (TPSA) is 42.7 Å². The molecule has 0 atom stereocenters. The molecule has 0 radical (unpaired) electrons. The van der Waals surface area contributed by atoms with E-state index in [1.807, 2.05) is 0 Å². The minimum absolute atomic E-state index is 0.0739. The Morgan fingerprint density at radius 2 is 2.22 bits per heavy atom. The number of nitrogens with one attached hydrogen (secondary N) is 1. The molecule has 0 aliphatic rings. The fraction of sp³-hybridized carbons (Fsp3) is 0.333. The molecule has 1 N–H and O–H groups in total. The molecule has 96 valence electrons. The number of hydrogen-bond donors (Lipinski definition) is 1. The molecule has 0 saturated heterocycles. The normalized spacial score (nSPS) is 11.2. The van der Waals surface area contributed by atoms with Crippen LogP contribution >= 0.6 is 11.6 Å². The van der Waals surface area contributed by atoms with Gasteiger partial charge in [0.1, 0.15) is 5.82 Å². The molecule has 4 nitrogen and oxygen atoms in total. The molecule has 1 aromatic carbocycles. The van der Waals surface area contributed by atoms with Gasteiger partial charge in [-0.25, -0.2) is 9.07 Å². The average molecular weight is 269 g/mol. The Labute approximate surface area is 110 Å². The van der Waals surface area contributed by atoms with Crippen LogP contribution < -0.4 is 5.32 Å². The van der Waals surface area contributed by atoms with E-state index in [4.69, 9.17) is 11.6 Å². The van der Waals surface area contributed by atoms with Crippen LogP contribution in [0.4, 0.5) is 4.39 Å². The number of aromatic nitrogens is 3. The van der Waals surface area contributed by atoms with Crippen molar-refractivity contribution in [1.29, 1.82) is 0 Å². The summed E-state index contributed by atoms with van der Waals surface area (Å²) in [4.78, 5) is 0. The van der Waals surface area contributed by atoms with Crippen LogP contribution in [0.5, 0.6) is 0 Å². The van der Waals surface area contributed by atoms with Crippen molar-refractivity contribution in [2.45, 2.75) is 26.4 Å². The maximum absolute atomic E-state index is 13.0. The smallest absolute Gasteiger partial charge is 0.141 e. The van der Waals surface area contributed by atoms with Gasteiger partial charge in [0.2, 0.25) is 0 Å². The summed E-state index contributed by atoms with van der Waals surface area (Å²) in [6.07, 6.45) is 1.79. The van der Waals surface area contributed by atoms with E-state index >= 15 is 0 Å². The van der Waals surface area contributed by atoms with Gasteiger partial charge in [0.15, 0.2) is 0 Å². The largest absolute Gasteiger partial charge is 0.309 e. The lowest BCUT2D eigenvalue weighted by Gasteiger charge is -2.04. The molecule has 6 heteroatoms. The lowest BCUT2D eigenvalue weighted by atomic mass is 10.3. The van der Waals surface area contributed by atoms with Crippen LogP contribution in [0, 0.1) is 5.82 Å². The summed E-state index contributed by atoms with van der Waals surface area (Å²) >= 11 is 5.72. The number of rotatable bonds is 4. The minimum Gasteiger partial charge on any atom is -0.309 e. The van der Waals surface area contributed by atoms with E-state index < -0.39 is 5.82 Å². The molecule has 0 bridgehead atoms. The van der Waals surface area contributed by atoms with Crippen LogP contribution in [0.15, 0.2) is 24.4 Å². The molecule has 0 aliphatic heterocycles. The van der Waals surface area contributed by atoms with Crippen molar-refractivity contribution in [3.05, 3.63) is 40.9 Å². The molecule has 0 spiro atoms. The Morgan fingerprint density at radius 3 is 2.89 bits per heavy atom. The maximum Gasteiger partial charge on any atom is 0.141 e. The SMILES string of the molecule is CC(C)NCc1cn(-c2ccc(F)c(Cl)c2)nn1. The van der Waals surface area contributed by atoms with Gasteiger partial charge in [0.05, 0.1) is 22.6 Å². The van der Waals surface area contributed by atoms with Gasteiger partial charge >= 0.3 is 0 Å². The molecule has 0 fully saturated rings. The summed E-state index contributed by atoms with van der Waals surface area (Å²) in [7, 11) is 0. The third kappa shape index (κ3) is 3.05. The molecular weight excluding hydrogens is 255 g/mol. The summed E-state index contributed by atoms with van der Waals surface area (Å²) in [5, 5.41) is 11.3. The third-order valence-electron chi connectivity index (χ3n) is 2.40. The first kappa shape index (κ1) is 13.0. The Bertz CT molecular complexity index is 539. The Hall–Kier alpha value is -1.46. The second-order valence-corrected chi connectivity index (χ2v) is 4.70. The second kappa shape index (κ2) is 5.46. The predicted molar refractivity (Wildman–Crippen MR) is 68.3 cm³/mol. The number of nitrogens with zero attached hydrogens (tertiary/aromatic N) is 3. The van der Waals surface area contributed by atoms with Crippen molar-refractivity contribution in [1.82, 2.24) is 20.3 Å². The van der Waals surface area contributed by atoms with Crippen molar-refractivity contribution >= 4 is 11.6 Å². The summed E-state index contributed by atoms with van der Waals surface area (Å²) in [6.45, 7) is 4.76. The van der Waals surface area contributed by atoms with Gasteiger partial charge in [0, 0.05) is 12.6 Å². The van der Waals surface area contributed by atoms with E-state index in [-0.39, 0.29) is 5.02 Å². The zero-order chi connectivity index (χ0) is 13.1. The summed E-state index contributed by atoms with van der Waals surface area (Å²) in [5.41, 5.74) is 1.51. The van der Waals surface area contributed by atoms with E-state index in [1.165, 1.54) is 12.1 Å². The van der Waals surface area contributed by atoms with Gasteiger partial charge in [-0.05, 0) is 18.2 Å². The van der Waals surface area contributed by atoms with Crippen LogP contribution in [0.3, 0.4) is 0 Å². The van der Waals surface area contributed by atoms with Crippen LogP contribution in [-0.2, 0) is 6.54 Å². The van der Waals surface area contributed by atoms with E-state index in [0.29, 0.717) is 18.3 Å². The average Bonchev–Trinajstić information content (AvgIpc) is 2.79. The monoisotopic (exact) mass is 268 g/mol. The van der Waals surface area contributed by atoms with Gasteiger partial charge in [-0.2, -0.15) is 0 Å². The van der Waals surface area contributed by atoms with Crippen LogP contribution in [0.1, 0.15) is 19.5 Å². The van der Waals surface area contributed by atoms with Crippen molar-refractivity contribution in [2.24, 2.45) is 0 Å². The first-order valence-electron chi connectivity index (χ1n) is 5.66. The molecule has 0 saturated carbocycles. The van der Waals surface area contributed by atoms with E-state index in [0.717, 1.165) is 5.69 Å². The highest BCUT2D eigenvalue weighted by molar-refractivity contribution is 6.30. The van der Waals surface area contributed by atoms with Gasteiger partial charge in [-0.1, -0.05) is 30.7 Å². The summed E-state index contributed by atoms with van der Waals surface area (Å²) in [6, 6.07) is 4.82. The maximum atomic E-state index is 13.0. The molecule has 18 heavy (non-hydrogen) atoms. The Kier molecular flexibility index (Phi) is 3.93. The molecular formula is C12H14ClFN4. The first-order chi connectivity index (χ1) is 8.56. The van der Waals surface area contributed by atoms with Crippen molar-refractivity contribution in [2.75, 3.05) is 0 Å². The fourth-order valence-corrected chi connectivity index (χ4v) is 1.62. The molecule has 0 amide bonds. The second-order valence-electron chi connectivity index (χ2n) is 4.29. The van der Waals surface area contributed by atoms with Crippen molar-refractivity contribution in [3.63, 3.8) is 0 Å². The highest BCUT2D eigenvalue weighted by Gasteiger charge is 2.06. The van der Waals surface area contributed by atoms with Crippen LogP contribution in [0.2, 0.25) is 5.02 Å². The first-order valence-corrected chi connectivity index (χ1v) is 6.04. The van der Waals surface area contributed by atoms with Gasteiger partial charge < -0.3 is 5.32 Å². The molecule has 1 heterocycles. The van der Waals surface area contributed by atoms with Gasteiger partial charge in [0.25, 0.3) is 0 Å². The lowest BCUT2D eigenvalue weighted by Crippen LogP contribution is -2.21. The third-order valence-corrected chi connectivity index (χ3v) is 2.69. The molecule has 2 aromatic rings. The highest BCUT2D eigenvalue weighted by atomic mass is 35.5. The quantitative estimate of drug-likeness (QED) is 0.927. The number of hydrogen-bond acceptors (Lipinski definition) is 3. The van der Waals surface area contributed by atoms with Crippen molar-refractivity contribution in [3.8, 4) is 5.69 Å². The van der Waals surface area contributed by atoms with Crippen LogP contribution in [0.25, 0.3) is 5.69 Å². The van der Waals surface area contributed by atoms with Crippen LogP contribution in [-0.4, -0.2) is 21.0 Å². The Balaban J connectivity index is 2.16. The minimum atomic E-state index is -0.442. The van der Waals surface area contributed by atoms with Gasteiger partial charge in [-0.15, -0.1) is 5.10 Å².